The minimum Gasteiger partial charge on any atom is -0.444 e. The molecule has 1 aliphatic carbocycles. The molecule has 10 heteroatoms. The zero-order chi connectivity index (χ0) is 29.8. The molecule has 1 atom stereocenters. The lowest BCUT2D eigenvalue weighted by atomic mass is 9.62. The summed E-state index contributed by atoms with van der Waals surface area (Å²) >= 11 is 0. The van der Waals surface area contributed by atoms with E-state index in [0.717, 1.165) is 5.56 Å². The van der Waals surface area contributed by atoms with Crippen molar-refractivity contribution in [1.82, 2.24) is 20.0 Å². The molecule has 1 saturated carbocycles. The lowest BCUT2D eigenvalue weighted by Crippen LogP contribution is -2.66. The van der Waals surface area contributed by atoms with Crippen LogP contribution in [-0.2, 0) is 25.4 Å². The Hall–Kier alpha value is -3.34. The maximum atomic E-state index is 12.8. The van der Waals surface area contributed by atoms with E-state index in [-0.39, 0.29) is 0 Å². The highest BCUT2D eigenvalue weighted by molar-refractivity contribution is 5.70. The summed E-state index contributed by atoms with van der Waals surface area (Å²) in [5.74, 6) is 1.36. The van der Waals surface area contributed by atoms with Gasteiger partial charge in [-0.25, -0.2) is 4.79 Å². The number of hydrogen-bond donors (Lipinski definition) is 1. The first-order valence-corrected chi connectivity index (χ1v) is 14.7. The van der Waals surface area contributed by atoms with Gasteiger partial charge in [0.2, 0.25) is 5.82 Å². The van der Waals surface area contributed by atoms with Gasteiger partial charge in [0, 0.05) is 69.6 Å². The number of pyridine rings is 1. The molecule has 1 amide bonds. The number of aromatic nitrogens is 3. The van der Waals surface area contributed by atoms with Gasteiger partial charge in [0.05, 0.1) is 5.56 Å². The van der Waals surface area contributed by atoms with Gasteiger partial charge in [0.1, 0.15) is 16.8 Å². The number of amides is 1. The van der Waals surface area contributed by atoms with Crippen LogP contribution in [0.1, 0.15) is 81.8 Å². The van der Waals surface area contributed by atoms with Crippen LogP contribution in [0.4, 0.5) is 4.79 Å². The molecule has 42 heavy (non-hydrogen) atoms. The van der Waals surface area contributed by atoms with Crippen molar-refractivity contribution in [2.24, 2.45) is 5.41 Å². The number of ether oxygens (including phenoxy) is 3. The van der Waals surface area contributed by atoms with Crippen LogP contribution in [0.5, 0.6) is 0 Å². The predicted molar refractivity (Wildman–Crippen MR) is 154 cm³/mol. The van der Waals surface area contributed by atoms with Gasteiger partial charge >= 0.3 is 6.09 Å². The third kappa shape index (κ3) is 5.09. The summed E-state index contributed by atoms with van der Waals surface area (Å²) < 4.78 is 22.7. The van der Waals surface area contributed by atoms with Crippen molar-refractivity contribution in [3.63, 3.8) is 0 Å². The summed E-state index contributed by atoms with van der Waals surface area (Å²) in [6.45, 7) is 9.27. The summed E-state index contributed by atoms with van der Waals surface area (Å²) in [6, 6.07) is 10.1. The van der Waals surface area contributed by atoms with Crippen molar-refractivity contribution in [2.75, 3.05) is 33.4 Å². The number of carbonyl (C=O) groups excluding carboxylic acids is 1. The fourth-order valence-corrected chi connectivity index (χ4v) is 6.26. The van der Waals surface area contributed by atoms with Crippen LogP contribution in [-0.4, -0.2) is 70.2 Å². The molecule has 1 aromatic carbocycles. The molecule has 2 aliphatic heterocycles. The van der Waals surface area contributed by atoms with Crippen LogP contribution >= 0.6 is 0 Å². The number of likely N-dealkylation sites (tertiary alicyclic amines) is 1. The molecule has 3 aliphatic rings. The van der Waals surface area contributed by atoms with Crippen molar-refractivity contribution >= 4 is 6.09 Å². The van der Waals surface area contributed by atoms with E-state index in [0.29, 0.717) is 67.9 Å². The molecular formula is C32H40N4O6. The SMILES string of the molecule is COC1(c2noc(-c3cncc(C(O)(c4ccc(C5CC5)cc4)C4(C)CN(C(=O)OC(C)(C)C)C4)c3)n2)CCOCC1. The van der Waals surface area contributed by atoms with Gasteiger partial charge in [-0.15, -0.1) is 0 Å². The van der Waals surface area contributed by atoms with Gasteiger partial charge in [-0.1, -0.05) is 36.3 Å². The Morgan fingerprint density at radius 1 is 1.07 bits per heavy atom. The monoisotopic (exact) mass is 576 g/mol. The second-order valence-electron chi connectivity index (χ2n) is 13.2. The van der Waals surface area contributed by atoms with Gasteiger partial charge < -0.3 is 28.7 Å². The van der Waals surface area contributed by atoms with Crippen molar-refractivity contribution in [2.45, 2.75) is 76.1 Å². The van der Waals surface area contributed by atoms with E-state index in [1.807, 2.05) is 45.9 Å². The number of aliphatic hydroxyl groups is 1. The van der Waals surface area contributed by atoms with Crippen LogP contribution in [0.15, 0.2) is 47.2 Å². The molecule has 0 bridgehead atoms. The van der Waals surface area contributed by atoms with Gasteiger partial charge in [-0.05, 0) is 56.7 Å². The maximum absolute atomic E-state index is 12.8. The van der Waals surface area contributed by atoms with E-state index in [1.54, 1.807) is 24.4 Å². The third-order valence-corrected chi connectivity index (χ3v) is 8.91. The Kier molecular flexibility index (Phi) is 7.14. The van der Waals surface area contributed by atoms with Crippen molar-refractivity contribution in [1.29, 1.82) is 0 Å². The lowest BCUT2D eigenvalue weighted by Gasteiger charge is -2.56. The minimum absolute atomic E-state index is 0.294. The van der Waals surface area contributed by atoms with Crippen LogP contribution in [0.25, 0.3) is 11.5 Å². The molecule has 10 nitrogen and oxygen atoms in total. The van der Waals surface area contributed by atoms with Gasteiger partial charge in [-0.2, -0.15) is 4.98 Å². The van der Waals surface area contributed by atoms with Crippen molar-refractivity contribution in [3.8, 4) is 11.5 Å². The molecule has 4 heterocycles. The molecule has 1 N–H and O–H groups in total. The highest BCUT2D eigenvalue weighted by Crippen LogP contribution is 2.52. The van der Waals surface area contributed by atoms with Crippen LogP contribution in [0.2, 0.25) is 0 Å². The highest BCUT2D eigenvalue weighted by Gasteiger charge is 2.58. The Morgan fingerprint density at radius 2 is 1.76 bits per heavy atom. The van der Waals surface area contributed by atoms with E-state index < -0.39 is 28.3 Å². The lowest BCUT2D eigenvalue weighted by molar-refractivity contribution is -0.131. The van der Waals surface area contributed by atoms with Gasteiger partial charge in [0.25, 0.3) is 5.89 Å². The molecule has 2 saturated heterocycles. The zero-order valence-electron chi connectivity index (χ0n) is 25.1. The van der Waals surface area contributed by atoms with Crippen LogP contribution in [0, 0.1) is 5.41 Å². The number of rotatable bonds is 7. The first-order chi connectivity index (χ1) is 20.0. The summed E-state index contributed by atoms with van der Waals surface area (Å²) in [5, 5.41) is 17.0. The van der Waals surface area contributed by atoms with E-state index in [4.69, 9.17) is 23.7 Å². The second kappa shape index (κ2) is 10.4. The van der Waals surface area contributed by atoms with Crippen LogP contribution in [0.3, 0.4) is 0 Å². The van der Waals surface area contributed by atoms with Crippen LogP contribution < -0.4 is 0 Å². The normalized spacial score (nSPS) is 21.3. The topological polar surface area (TPSA) is 120 Å². The fourth-order valence-electron chi connectivity index (χ4n) is 6.26. The Bertz CT molecular complexity index is 1430. The van der Waals surface area contributed by atoms with Crippen molar-refractivity contribution < 1.29 is 28.6 Å². The molecular weight excluding hydrogens is 536 g/mol. The van der Waals surface area contributed by atoms with E-state index in [9.17, 15) is 9.90 Å². The quantitative estimate of drug-likeness (QED) is 0.407. The van der Waals surface area contributed by atoms with Gasteiger partial charge in [0.15, 0.2) is 0 Å². The molecule has 2 aromatic heterocycles. The molecule has 6 rings (SSSR count). The smallest absolute Gasteiger partial charge is 0.410 e. The molecule has 3 aromatic rings. The van der Waals surface area contributed by atoms with Gasteiger partial charge in [-0.3, -0.25) is 4.98 Å². The molecule has 0 radical (unpaired) electrons. The largest absolute Gasteiger partial charge is 0.444 e. The van der Waals surface area contributed by atoms with Crippen molar-refractivity contribution in [3.05, 3.63) is 65.2 Å². The third-order valence-electron chi connectivity index (χ3n) is 8.91. The highest BCUT2D eigenvalue weighted by atomic mass is 16.6. The average Bonchev–Trinajstić information content (AvgIpc) is 3.70. The first kappa shape index (κ1) is 28.8. The number of nitrogens with zero attached hydrogens (tertiary/aromatic N) is 4. The molecule has 1 unspecified atom stereocenters. The molecule has 0 spiro atoms. The van der Waals surface area contributed by atoms with E-state index in [1.165, 1.54) is 18.4 Å². The minimum atomic E-state index is -1.46. The van der Waals surface area contributed by atoms with E-state index >= 15 is 0 Å². The second-order valence-corrected chi connectivity index (χ2v) is 13.2. The number of hydrogen-bond acceptors (Lipinski definition) is 9. The number of benzene rings is 1. The standard InChI is InChI=1S/C32H40N4O6/c1-29(2,3)41-28(37)36-19-30(4,20-36)32(38,24-10-8-22(9-11-24)21-6-7-21)25-16-23(17-33-18-25)26-34-27(35-42-26)31(39-5)12-14-40-15-13-31/h8-11,16-18,21,38H,6-7,12-15,19-20H2,1-5H3. The fraction of sp³-hybridized carbons (Fsp3) is 0.562. The molecule has 3 fully saturated rings. The Balaban J connectivity index is 1.35. The summed E-state index contributed by atoms with van der Waals surface area (Å²) in [7, 11) is 1.65. The zero-order valence-corrected chi connectivity index (χ0v) is 25.1. The average molecular weight is 577 g/mol. The Labute approximate surface area is 246 Å². The van der Waals surface area contributed by atoms with E-state index in [2.05, 4.69) is 22.3 Å². The molecule has 224 valence electrons. The number of carbonyl (C=O) groups is 1. The summed E-state index contributed by atoms with van der Waals surface area (Å²) in [4.78, 5) is 23.7. The summed E-state index contributed by atoms with van der Waals surface area (Å²) in [5.41, 5.74) is -0.265. The number of methoxy groups -OCH3 is 1. The first-order valence-electron chi connectivity index (χ1n) is 14.7. The Morgan fingerprint density at radius 3 is 2.38 bits per heavy atom. The summed E-state index contributed by atoms with van der Waals surface area (Å²) in [6.07, 6.45) is 6.58. The predicted octanol–water partition coefficient (Wildman–Crippen LogP) is 5.15. The maximum Gasteiger partial charge on any atom is 0.410 e.